The Morgan fingerprint density at radius 2 is 2.00 bits per heavy atom. The maximum atomic E-state index is 11.8. The normalized spacial score (nSPS) is 14.1. The quantitative estimate of drug-likeness (QED) is 0.844. The Labute approximate surface area is 109 Å². The molecule has 1 aromatic rings. The van der Waals surface area contributed by atoms with Crippen molar-refractivity contribution < 1.29 is 9.53 Å². The van der Waals surface area contributed by atoms with E-state index in [-0.39, 0.29) is 0 Å². The average molecular weight is 250 g/mol. The Morgan fingerprint density at radius 1 is 1.39 bits per heavy atom. The molecule has 1 aromatic carbocycles. The fraction of sp³-hybridized carbons (Fsp3) is 0.500. The number of carbonyl (C=O) groups is 1. The molecule has 0 saturated carbocycles. The molecule has 18 heavy (non-hydrogen) atoms. The van der Waals surface area contributed by atoms with E-state index in [1.165, 1.54) is 0 Å². The van der Waals surface area contributed by atoms with E-state index < -0.39 is 11.6 Å². The van der Waals surface area contributed by atoms with Crippen molar-refractivity contribution >= 4 is 6.09 Å². The van der Waals surface area contributed by atoms with Crippen LogP contribution in [-0.2, 0) is 0 Å². The molecule has 0 radical (unpaired) electrons. The standard InChI is InChI=1S/C14H22N2O2/c1-11(2)9-14(3,10-15)16-13(17)18-12-7-5-4-6-8-12/h4-8,11H,9-10,15H2,1-3H3,(H,16,17). The highest BCUT2D eigenvalue weighted by molar-refractivity contribution is 5.71. The van der Waals surface area contributed by atoms with Gasteiger partial charge < -0.3 is 15.8 Å². The molecule has 1 unspecified atom stereocenters. The summed E-state index contributed by atoms with van der Waals surface area (Å²) in [5.74, 6) is 0.981. The number of hydrogen-bond acceptors (Lipinski definition) is 3. The van der Waals surface area contributed by atoms with Gasteiger partial charge in [0.05, 0.1) is 5.54 Å². The van der Waals surface area contributed by atoms with Crippen molar-refractivity contribution in [3.8, 4) is 5.75 Å². The minimum Gasteiger partial charge on any atom is -0.410 e. The lowest BCUT2D eigenvalue weighted by molar-refractivity contribution is 0.181. The van der Waals surface area contributed by atoms with Gasteiger partial charge in [0, 0.05) is 6.54 Å². The van der Waals surface area contributed by atoms with Gasteiger partial charge in [0.15, 0.2) is 0 Å². The molecule has 3 N–H and O–H groups in total. The maximum absolute atomic E-state index is 11.8. The summed E-state index contributed by atoms with van der Waals surface area (Å²) in [6.07, 6.45) is 0.350. The first-order chi connectivity index (χ1) is 8.45. The summed E-state index contributed by atoms with van der Waals surface area (Å²) in [5.41, 5.74) is 5.30. The Hall–Kier alpha value is -1.55. The third-order valence-corrected chi connectivity index (χ3v) is 2.67. The van der Waals surface area contributed by atoms with Crippen LogP contribution < -0.4 is 15.8 Å². The van der Waals surface area contributed by atoms with E-state index in [0.29, 0.717) is 18.2 Å². The van der Waals surface area contributed by atoms with Crippen molar-refractivity contribution in [2.24, 2.45) is 11.7 Å². The first kappa shape index (κ1) is 14.5. The van der Waals surface area contributed by atoms with Crippen LogP contribution in [0.4, 0.5) is 4.79 Å². The summed E-state index contributed by atoms with van der Waals surface area (Å²) in [7, 11) is 0. The number of rotatable bonds is 5. The van der Waals surface area contributed by atoms with Crippen molar-refractivity contribution in [2.75, 3.05) is 6.54 Å². The molecule has 0 aromatic heterocycles. The fourth-order valence-electron chi connectivity index (χ4n) is 1.95. The Kier molecular flexibility index (Phi) is 5.16. The number of benzene rings is 1. The maximum Gasteiger partial charge on any atom is 0.413 e. The lowest BCUT2D eigenvalue weighted by atomic mass is 9.91. The third kappa shape index (κ3) is 4.75. The van der Waals surface area contributed by atoms with Crippen molar-refractivity contribution in [2.45, 2.75) is 32.7 Å². The Bertz CT molecular complexity index is 379. The van der Waals surface area contributed by atoms with E-state index >= 15 is 0 Å². The highest BCUT2D eigenvalue weighted by Gasteiger charge is 2.26. The Morgan fingerprint density at radius 3 is 2.50 bits per heavy atom. The molecular weight excluding hydrogens is 228 g/mol. The summed E-state index contributed by atoms with van der Waals surface area (Å²) in [4.78, 5) is 11.8. The van der Waals surface area contributed by atoms with Gasteiger partial charge in [-0.05, 0) is 31.4 Å². The lowest BCUT2D eigenvalue weighted by Crippen LogP contribution is -2.53. The lowest BCUT2D eigenvalue weighted by Gasteiger charge is -2.30. The zero-order chi connectivity index (χ0) is 13.6. The third-order valence-electron chi connectivity index (χ3n) is 2.67. The molecule has 0 aliphatic carbocycles. The first-order valence-corrected chi connectivity index (χ1v) is 6.20. The second kappa shape index (κ2) is 6.40. The van der Waals surface area contributed by atoms with Gasteiger partial charge in [-0.1, -0.05) is 32.0 Å². The largest absolute Gasteiger partial charge is 0.413 e. The van der Waals surface area contributed by atoms with Gasteiger partial charge in [0.2, 0.25) is 0 Å². The van der Waals surface area contributed by atoms with E-state index in [1.54, 1.807) is 12.1 Å². The summed E-state index contributed by atoms with van der Waals surface area (Å²) in [5, 5.41) is 2.84. The van der Waals surface area contributed by atoms with Crippen LogP contribution in [0.5, 0.6) is 5.75 Å². The van der Waals surface area contributed by atoms with E-state index in [1.807, 2.05) is 25.1 Å². The molecule has 1 rings (SSSR count). The number of ether oxygens (including phenoxy) is 1. The van der Waals surface area contributed by atoms with Crippen molar-refractivity contribution in [1.82, 2.24) is 5.32 Å². The topological polar surface area (TPSA) is 64.3 Å². The molecule has 0 aliphatic heterocycles. The molecule has 0 heterocycles. The van der Waals surface area contributed by atoms with Crippen molar-refractivity contribution in [1.29, 1.82) is 0 Å². The van der Waals surface area contributed by atoms with Crippen LogP contribution in [0.2, 0.25) is 0 Å². The van der Waals surface area contributed by atoms with Crippen LogP contribution in [0, 0.1) is 5.92 Å². The number of hydrogen-bond donors (Lipinski definition) is 2. The summed E-state index contributed by atoms with van der Waals surface area (Å²) < 4.78 is 5.19. The van der Waals surface area contributed by atoms with Crippen molar-refractivity contribution in [3.63, 3.8) is 0 Å². The predicted octanol–water partition coefficient (Wildman–Crippen LogP) is 2.54. The highest BCUT2D eigenvalue weighted by atomic mass is 16.6. The van der Waals surface area contributed by atoms with Gasteiger partial charge in [-0.2, -0.15) is 0 Å². The molecular formula is C14H22N2O2. The number of carbonyl (C=O) groups excluding carboxylic acids is 1. The minimum absolute atomic E-state index is 0.384. The average Bonchev–Trinajstić information content (AvgIpc) is 2.28. The second-order valence-electron chi connectivity index (χ2n) is 5.19. The van der Waals surface area contributed by atoms with E-state index in [0.717, 1.165) is 6.42 Å². The molecule has 1 atom stereocenters. The zero-order valence-corrected chi connectivity index (χ0v) is 11.3. The molecule has 0 fully saturated rings. The van der Waals surface area contributed by atoms with Crippen LogP contribution in [0.3, 0.4) is 0 Å². The molecule has 4 heteroatoms. The summed E-state index contributed by atoms with van der Waals surface area (Å²) >= 11 is 0. The monoisotopic (exact) mass is 250 g/mol. The van der Waals surface area contributed by atoms with Crippen LogP contribution in [0.25, 0.3) is 0 Å². The van der Waals surface area contributed by atoms with Crippen molar-refractivity contribution in [3.05, 3.63) is 30.3 Å². The first-order valence-electron chi connectivity index (χ1n) is 6.20. The minimum atomic E-state index is -0.463. The van der Waals surface area contributed by atoms with Gasteiger partial charge in [0.25, 0.3) is 0 Å². The van der Waals surface area contributed by atoms with Crippen LogP contribution in [-0.4, -0.2) is 18.2 Å². The molecule has 0 saturated heterocycles. The van der Waals surface area contributed by atoms with Crippen LogP contribution in [0.1, 0.15) is 27.2 Å². The van der Waals surface area contributed by atoms with Gasteiger partial charge in [0.1, 0.15) is 5.75 Å². The number of nitrogens with one attached hydrogen (secondary N) is 1. The van der Waals surface area contributed by atoms with Gasteiger partial charge in [-0.3, -0.25) is 0 Å². The van der Waals surface area contributed by atoms with Gasteiger partial charge in [-0.15, -0.1) is 0 Å². The van der Waals surface area contributed by atoms with Crippen LogP contribution in [0.15, 0.2) is 30.3 Å². The molecule has 0 aliphatic rings. The van der Waals surface area contributed by atoms with Crippen LogP contribution >= 0.6 is 0 Å². The summed E-state index contributed by atoms with van der Waals surface area (Å²) in [6.45, 7) is 6.50. The molecule has 4 nitrogen and oxygen atoms in total. The second-order valence-corrected chi connectivity index (χ2v) is 5.19. The predicted molar refractivity (Wildman–Crippen MR) is 72.5 cm³/mol. The van der Waals surface area contributed by atoms with Gasteiger partial charge in [-0.25, -0.2) is 4.79 Å². The number of nitrogens with two attached hydrogens (primary N) is 1. The Balaban J connectivity index is 2.57. The van der Waals surface area contributed by atoms with E-state index in [9.17, 15) is 4.79 Å². The zero-order valence-electron chi connectivity index (χ0n) is 11.3. The number of para-hydroxylation sites is 1. The van der Waals surface area contributed by atoms with Gasteiger partial charge >= 0.3 is 6.09 Å². The molecule has 0 bridgehead atoms. The SMILES string of the molecule is CC(C)CC(C)(CN)NC(=O)Oc1ccccc1. The number of amides is 1. The summed E-state index contributed by atoms with van der Waals surface area (Å²) in [6, 6.07) is 8.98. The highest BCUT2D eigenvalue weighted by Crippen LogP contribution is 2.16. The molecule has 100 valence electrons. The smallest absolute Gasteiger partial charge is 0.410 e. The van der Waals surface area contributed by atoms with E-state index in [4.69, 9.17) is 10.5 Å². The molecule has 0 spiro atoms. The molecule has 1 amide bonds. The van der Waals surface area contributed by atoms with E-state index in [2.05, 4.69) is 19.2 Å². The fourth-order valence-corrected chi connectivity index (χ4v) is 1.95.